The summed E-state index contributed by atoms with van der Waals surface area (Å²) in [5, 5.41) is 0. The molecule has 2 saturated heterocycles. The van der Waals surface area contributed by atoms with Gasteiger partial charge >= 0.3 is 0 Å². The van der Waals surface area contributed by atoms with Gasteiger partial charge in [0, 0.05) is 43.9 Å². The molecule has 0 radical (unpaired) electrons. The zero-order valence-corrected chi connectivity index (χ0v) is 18.5. The van der Waals surface area contributed by atoms with Gasteiger partial charge < -0.3 is 14.4 Å². The highest BCUT2D eigenvalue weighted by molar-refractivity contribution is 5.94. The number of nitrogens with zero attached hydrogens (tertiary/aromatic N) is 2. The van der Waals surface area contributed by atoms with Crippen LogP contribution in [0, 0.1) is 6.92 Å². The summed E-state index contributed by atoms with van der Waals surface area (Å²) in [7, 11) is 0. The lowest BCUT2D eigenvalue weighted by Gasteiger charge is -2.46. The molecular formula is C25H30N2O4. The molecule has 1 unspecified atom stereocenters. The van der Waals surface area contributed by atoms with Crippen LogP contribution >= 0.6 is 0 Å². The number of ketones is 1. The Balaban J connectivity index is 1.42. The molecule has 0 bridgehead atoms. The summed E-state index contributed by atoms with van der Waals surface area (Å²) >= 11 is 0. The van der Waals surface area contributed by atoms with Gasteiger partial charge in [-0.15, -0.1) is 0 Å². The standard InChI is InChI=1S/C25H30N2O4/c1-17(2)30-22-7-6-19(13-18(22)3)24(29)27-11-8-25(9-12-27)15-21(28)14-23(31-25)20-5-4-10-26-16-20/h4-7,10,13,16-17,23H,8-9,11-12,14-15H2,1-3H3. The van der Waals surface area contributed by atoms with Crippen molar-refractivity contribution >= 4 is 11.7 Å². The van der Waals surface area contributed by atoms with Crippen LogP contribution in [0.5, 0.6) is 5.75 Å². The van der Waals surface area contributed by atoms with E-state index in [2.05, 4.69) is 4.98 Å². The normalized spacial score (nSPS) is 20.8. The third-order valence-electron chi connectivity index (χ3n) is 6.13. The van der Waals surface area contributed by atoms with E-state index in [1.165, 1.54) is 0 Å². The second-order valence-corrected chi connectivity index (χ2v) is 8.93. The number of carbonyl (C=O) groups excluding carboxylic acids is 2. The average molecular weight is 423 g/mol. The number of amides is 1. The number of piperidine rings is 1. The molecular weight excluding hydrogens is 392 g/mol. The lowest BCUT2D eigenvalue weighted by atomic mass is 9.81. The highest BCUT2D eigenvalue weighted by atomic mass is 16.5. The van der Waals surface area contributed by atoms with Crippen LogP contribution in [0.2, 0.25) is 0 Å². The molecule has 2 fully saturated rings. The summed E-state index contributed by atoms with van der Waals surface area (Å²) in [5.41, 5.74) is 2.07. The molecule has 3 heterocycles. The Labute approximate surface area is 183 Å². The summed E-state index contributed by atoms with van der Waals surface area (Å²) in [4.78, 5) is 31.6. The van der Waals surface area contributed by atoms with Crippen LogP contribution in [0.4, 0.5) is 0 Å². The van der Waals surface area contributed by atoms with Crippen molar-refractivity contribution in [2.45, 2.75) is 64.3 Å². The lowest BCUT2D eigenvalue weighted by molar-refractivity contribution is -0.167. The molecule has 1 atom stereocenters. The third-order valence-corrected chi connectivity index (χ3v) is 6.13. The van der Waals surface area contributed by atoms with Crippen LogP contribution in [0.15, 0.2) is 42.7 Å². The van der Waals surface area contributed by atoms with E-state index in [0.29, 0.717) is 44.3 Å². The Bertz CT molecular complexity index is 949. The van der Waals surface area contributed by atoms with Crippen LogP contribution in [-0.4, -0.2) is 46.4 Å². The molecule has 2 aliphatic rings. The summed E-state index contributed by atoms with van der Waals surface area (Å²) in [6, 6.07) is 9.41. The largest absolute Gasteiger partial charge is 0.491 e. The van der Waals surface area contributed by atoms with E-state index in [-0.39, 0.29) is 23.9 Å². The minimum absolute atomic E-state index is 0.0139. The van der Waals surface area contributed by atoms with Crippen molar-refractivity contribution in [1.29, 1.82) is 0 Å². The number of ether oxygens (including phenoxy) is 2. The maximum atomic E-state index is 13.1. The van der Waals surface area contributed by atoms with E-state index >= 15 is 0 Å². The average Bonchev–Trinajstić information content (AvgIpc) is 2.75. The molecule has 164 valence electrons. The Morgan fingerprint density at radius 2 is 2.03 bits per heavy atom. The smallest absolute Gasteiger partial charge is 0.253 e. The first-order valence-corrected chi connectivity index (χ1v) is 11.0. The van der Waals surface area contributed by atoms with Gasteiger partial charge in [0.25, 0.3) is 5.91 Å². The molecule has 4 rings (SSSR count). The van der Waals surface area contributed by atoms with E-state index in [1.807, 2.05) is 56.0 Å². The number of hydrogen-bond acceptors (Lipinski definition) is 5. The van der Waals surface area contributed by atoms with E-state index < -0.39 is 5.60 Å². The zero-order valence-electron chi connectivity index (χ0n) is 18.5. The first-order chi connectivity index (χ1) is 14.8. The van der Waals surface area contributed by atoms with Gasteiger partial charge in [-0.2, -0.15) is 0 Å². The van der Waals surface area contributed by atoms with Crippen molar-refractivity contribution in [3.05, 3.63) is 59.4 Å². The zero-order chi connectivity index (χ0) is 22.0. The predicted molar refractivity (Wildman–Crippen MR) is 117 cm³/mol. The number of rotatable bonds is 4. The SMILES string of the molecule is Cc1cc(C(=O)N2CCC3(CC2)CC(=O)CC(c2cccnc2)O3)ccc1OC(C)C. The maximum absolute atomic E-state index is 13.1. The van der Waals surface area contributed by atoms with Gasteiger partial charge in [0.2, 0.25) is 0 Å². The fourth-order valence-corrected chi connectivity index (χ4v) is 4.54. The van der Waals surface area contributed by atoms with Crippen molar-refractivity contribution in [3.63, 3.8) is 0 Å². The van der Waals surface area contributed by atoms with Crippen LogP contribution < -0.4 is 4.74 Å². The van der Waals surface area contributed by atoms with Crippen molar-refractivity contribution in [3.8, 4) is 5.75 Å². The number of aromatic nitrogens is 1. The monoisotopic (exact) mass is 422 g/mol. The second kappa shape index (κ2) is 8.79. The molecule has 6 nitrogen and oxygen atoms in total. The molecule has 0 N–H and O–H groups in total. The maximum Gasteiger partial charge on any atom is 0.253 e. The fourth-order valence-electron chi connectivity index (χ4n) is 4.54. The van der Waals surface area contributed by atoms with Crippen LogP contribution in [-0.2, 0) is 9.53 Å². The van der Waals surface area contributed by atoms with Crippen molar-refractivity contribution in [1.82, 2.24) is 9.88 Å². The molecule has 1 spiro atoms. The second-order valence-electron chi connectivity index (χ2n) is 8.93. The number of carbonyl (C=O) groups is 2. The van der Waals surface area contributed by atoms with Crippen molar-refractivity contribution < 1.29 is 19.1 Å². The topological polar surface area (TPSA) is 68.7 Å². The number of Topliss-reactive ketones (excluding diaryl/α,β-unsaturated/α-hetero) is 1. The van der Waals surface area contributed by atoms with Gasteiger partial charge in [0.1, 0.15) is 11.5 Å². The van der Waals surface area contributed by atoms with Gasteiger partial charge in [-0.1, -0.05) is 6.07 Å². The van der Waals surface area contributed by atoms with Gasteiger partial charge in [0.15, 0.2) is 0 Å². The van der Waals surface area contributed by atoms with Crippen LogP contribution in [0.25, 0.3) is 0 Å². The highest BCUT2D eigenvalue weighted by Gasteiger charge is 2.44. The Morgan fingerprint density at radius 3 is 2.68 bits per heavy atom. The minimum Gasteiger partial charge on any atom is -0.491 e. The number of hydrogen-bond donors (Lipinski definition) is 0. The number of likely N-dealkylation sites (tertiary alicyclic amines) is 1. The first kappa shape index (κ1) is 21.5. The molecule has 31 heavy (non-hydrogen) atoms. The molecule has 6 heteroatoms. The summed E-state index contributed by atoms with van der Waals surface area (Å²) in [5.74, 6) is 1.04. The Kier molecular flexibility index (Phi) is 6.10. The van der Waals surface area contributed by atoms with E-state index in [1.54, 1.807) is 12.4 Å². The number of pyridine rings is 1. The van der Waals surface area contributed by atoms with Crippen molar-refractivity contribution in [2.24, 2.45) is 0 Å². The van der Waals surface area contributed by atoms with Gasteiger partial charge in [-0.3, -0.25) is 14.6 Å². The summed E-state index contributed by atoms with van der Waals surface area (Å²) < 4.78 is 12.2. The lowest BCUT2D eigenvalue weighted by Crippen LogP contribution is -2.51. The quantitative estimate of drug-likeness (QED) is 0.736. The molecule has 0 saturated carbocycles. The van der Waals surface area contributed by atoms with Gasteiger partial charge in [-0.05, 0) is 69.0 Å². The van der Waals surface area contributed by atoms with E-state index in [0.717, 1.165) is 16.9 Å². The van der Waals surface area contributed by atoms with Crippen molar-refractivity contribution in [2.75, 3.05) is 13.1 Å². The Hall–Kier alpha value is -2.73. The molecule has 2 aromatic rings. The third kappa shape index (κ3) is 4.79. The molecule has 1 aromatic carbocycles. The van der Waals surface area contributed by atoms with Crippen LogP contribution in [0.1, 0.15) is 67.1 Å². The minimum atomic E-state index is -0.489. The van der Waals surface area contributed by atoms with E-state index in [9.17, 15) is 9.59 Å². The van der Waals surface area contributed by atoms with Gasteiger partial charge in [-0.25, -0.2) is 0 Å². The first-order valence-electron chi connectivity index (χ1n) is 11.0. The summed E-state index contributed by atoms with van der Waals surface area (Å²) in [6.45, 7) is 7.09. The molecule has 2 aliphatic heterocycles. The van der Waals surface area contributed by atoms with Gasteiger partial charge in [0.05, 0.1) is 17.8 Å². The number of aryl methyl sites for hydroxylation is 1. The summed E-state index contributed by atoms with van der Waals surface area (Å²) in [6.07, 6.45) is 5.46. The molecule has 0 aliphatic carbocycles. The highest BCUT2D eigenvalue weighted by Crippen LogP contribution is 2.41. The molecule has 1 aromatic heterocycles. The van der Waals surface area contributed by atoms with Crippen LogP contribution in [0.3, 0.4) is 0 Å². The number of benzene rings is 1. The fraction of sp³-hybridized carbons (Fsp3) is 0.480. The molecule has 1 amide bonds. The predicted octanol–water partition coefficient (Wildman–Crippen LogP) is 4.27. The van der Waals surface area contributed by atoms with E-state index in [4.69, 9.17) is 9.47 Å². The Morgan fingerprint density at radius 1 is 1.26 bits per heavy atom.